The summed E-state index contributed by atoms with van der Waals surface area (Å²) in [6.45, 7) is 2.65. The van der Waals surface area contributed by atoms with E-state index < -0.39 is 0 Å². The highest BCUT2D eigenvalue weighted by Crippen LogP contribution is 2.29. The normalized spacial score (nSPS) is 24.2. The summed E-state index contributed by atoms with van der Waals surface area (Å²) in [4.78, 5) is 13.5. The van der Waals surface area contributed by atoms with E-state index in [0.29, 0.717) is 11.8 Å². The number of carbonyl (C=O) groups excluding carboxylic acids is 1. The van der Waals surface area contributed by atoms with E-state index in [9.17, 15) is 4.79 Å². The van der Waals surface area contributed by atoms with Crippen molar-refractivity contribution in [2.24, 2.45) is 5.92 Å². The Morgan fingerprint density at radius 3 is 2.83 bits per heavy atom. The maximum atomic E-state index is 11.5. The van der Waals surface area contributed by atoms with Crippen molar-refractivity contribution >= 4 is 5.91 Å². The molecule has 1 heterocycles. The molecule has 3 nitrogen and oxygen atoms in total. The molecule has 0 spiro atoms. The first-order valence-electron chi connectivity index (χ1n) is 4.85. The fourth-order valence-electron chi connectivity index (χ4n) is 1.79. The standard InChI is InChI=1S/C9H16N2O/c12-9(6-8-2-1-3-8)11-5-4-10-7-11/h8,10H,1-7H2. The molecule has 0 radical (unpaired) electrons. The first kappa shape index (κ1) is 8.05. The summed E-state index contributed by atoms with van der Waals surface area (Å²) in [5, 5.41) is 3.17. The lowest BCUT2D eigenvalue weighted by Crippen LogP contribution is -2.32. The molecule has 0 unspecified atom stereocenters. The van der Waals surface area contributed by atoms with E-state index in [-0.39, 0.29) is 0 Å². The monoisotopic (exact) mass is 168 g/mol. The van der Waals surface area contributed by atoms with Crippen LogP contribution in [0.1, 0.15) is 25.7 Å². The van der Waals surface area contributed by atoms with Crippen LogP contribution in [0.3, 0.4) is 0 Å². The predicted molar refractivity (Wildman–Crippen MR) is 46.5 cm³/mol. The highest BCUT2D eigenvalue weighted by molar-refractivity contribution is 5.76. The van der Waals surface area contributed by atoms with Crippen molar-refractivity contribution in [1.82, 2.24) is 10.2 Å². The molecule has 0 bridgehead atoms. The van der Waals surface area contributed by atoms with Gasteiger partial charge in [0.2, 0.25) is 5.91 Å². The van der Waals surface area contributed by atoms with Crippen LogP contribution in [-0.4, -0.2) is 30.6 Å². The Kier molecular flexibility index (Phi) is 2.30. The zero-order valence-electron chi connectivity index (χ0n) is 7.38. The third-order valence-corrected chi connectivity index (χ3v) is 2.90. The molecule has 1 saturated heterocycles. The lowest BCUT2D eigenvalue weighted by molar-refractivity contribution is -0.131. The van der Waals surface area contributed by atoms with Crippen LogP contribution in [0.25, 0.3) is 0 Å². The zero-order chi connectivity index (χ0) is 8.39. The average Bonchev–Trinajstić information content (AvgIpc) is 2.47. The molecular weight excluding hydrogens is 152 g/mol. The van der Waals surface area contributed by atoms with Gasteiger partial charge in [-0.25, -0.2) is 0 Å². The van der Waals surface area contributed by atoms with Gasteiger partial charge in [-0.3, -0.25) is 10.1 Å². The Labute approximate surface area is 73.1 Å². The molecule has 1 saturated carbocycles. The van der Waals surface area contributed by atoms with Gasteiger partial charge >= 0.3 is 0 Å². The van der Waals surface area contributed by atoms with Gasteiger partial charge in [0.15, 0.2) is 0 Å². The highest BCUT2D eigenvalue weighted by Gasteiger charge is 2.24. The van der Waals surface area contributed by atoms with Gasteiger partial charge in [0.1, 0.15) is 0 Å². The molecular formula is C9H16N2O. The van der Waals surface area contributed by atoms with Crippen LogP contribution in [0, 0.1) is 5.92 Å². The molecule has 68 valence electrons. The largest absolute Gasteiger partial charge is 0.329 e. The average molecular weight is 168 g/mol. The molecule has 0 aromatic heterocycles. The SMILES string of the molecule is O=C(CC1CCC1)N1CCNC1. The van der Waals surface area contributed by atoms with Crippen LogP contribution in [-0.2, 0) is 4.79 Å². The van der Waals surface area contributed by atoms with Gasteiger partial charge in [0.05, 0.1) is 6.67 Å². The second kappa shape index (κ2) is 3.44. The minimum atomic E-state index is 0.352. The molecule has 2 aliphatic rings. The zero-order valence-corrected chi connectivity index (χ0v) is 7.38. The third-order valence-electron chi connectivity index (χ3n) is 2.90. The first-order chi connectivity index (χ1) is 5.86. The van der Waals surface area contributed by atoms with Crippen LogP contribution >= 0.6 is 0 Å². The van der Waals surface area contributed by atoms with Gasteiger partial charge in [0.25, 0.3) is 0 Å². The molecule has 0 aromatic rings. The molecule has 12 heavy (non-hydrogen) atoms. The summed E-state index contributed by atoms with van der Waals surface area (Å²) in [6.07, 6.45) is 4.66. The quantitative estimate of drug-likeness (QED) is 0.653. The Morgan fingerprint density at radius 1 is 1.50 bits per heavy atom. The van der Waals surface area contributed by atoms with E-state index in [1.54, 1.807) is 0 Å². The van der Waals surface area contributed by atoms with Crippen LogP contribution < -0.4 is 5.32 Å². The van der Waals surface area contributed by atoms with Gasteiger partial charge in [0, 0.05) is 19.5 Å². The van der Waals surface area contributed by atoms with Crippen LogP contribution in [0.5, 0.6) is 0 Å². The second-order valence-electron chi connectivity index (χ2n) is 3.82. The maximum absolute atomic E-state index is 11.5. The van der Waals surface area contributed by atoms with Crippen molar-refractivity contribution in [2.45, 2.75) is 25.7 Å². The maximum Gasteiger partial charge on any atom is 0.223 e. The summed E-state index contributed by atoms with van der Waals surface area (Å²) in [6, 6.07) is 0. The first-order valence-corrected chi connectivity index (χ1v) is 4.85. The van der Waals surface area contributed by atoms with E-state index in [2.05, 4.69) is 5.32 Å². The summed E-state index contributed by atoms with van der Waals surface area (Å²) in [5.74, 6) is 1.06. The smallest absolute Gasteiger partial charge is 0.223 e. The van der Waals surface area contributed by atoms with Crippen LogP contribution in [0.4, 0.5) is 0 Å². The second-order valence-corrected chi connectivity index (χ2v) is 3.82. The van der Waals surface area contributed by atoms with Gasteiger partial charge in [-0.2, -0.15) is 0 Å². The molecule has 0 aromatic carbocycles. The number of carbonyl (C=O) groups is 1. The molecule has 1 aliphatic heterocycles. The van der Waals surface area contributed by atoms with Gasteiger partial charge in [-0.1, -0.05) is 6.42 Å². The molecule has 3 heteroatoms. The fraction of sp³-hybridized carbons (Fsp3) is 0.889. The molecule has 1 N–H and O–H groups in total. The lowest BCUT2D eigenvalue weighted by Gasteiger charge is -2.26. The highest BCUT2D eigenvalue weighted by atomic mass is 16.2. The minimum Gasteiger partial charge on any atom is -0.329 e. The van der Waals surface area contributed by atoms with Gasteiger partial charge in [-0.05, 0) is 18.8 Å². The van der Waals surface area contributed by atoms with Crippen molar-refractivity contribution in [3.05, 3.63) is 0 Å². The number of hydrogen-bond acceptors (Lipinski definition) is 2. The fourth-order valence-corrected chi connectivity index (χ4v) is 1.79. The number of nitrogens with zero attached hydrogens (tertiary/aromatic N) is 1. The Balaban J connectivity index is 1.74. The Bertz CT molecular complexity index is 171. The molecule has 2 rings (SSSR count). The molecule has 1 aliphatic carbocycles. The van der Waals surface area contributed by atoms with Crippen molar-refractivity contribution in [3.63, 3.8) is 0 Å². The van der Waals surface area contributed by atoms with E-state index in [4.69, 9.17) is 0 Å². The van der Waals surface area contributed by atoms with E-state index >= 15 is 0 Å². The van der Waals surface area contributed by atoms with Crippen molar-refractivity contribution in [1.29, 1.82) is 0 Å². The topological polar surface area (TPSA) is 32.3 Å². The van der Waals surface area contributed by atoms with Gasteiger partial charge < -0.3 is 4.90 Å². The van der Waals surface area contributed by atoms with Gasteiger partial charge in [-0.15, -0.1) is 0 Å². The lowest BCUT2D eigenvalue weighted by atomic mass is 9.83. The number of nitrogens with one attached hydrogen (secondary N) is 1. The van der Waals surface area contributed by atoms with Crippen molar-refractivity contribution in [3.8, 4) is 0 Å². The van der Waals surface area contributed by atoms with E-state index in [1.807, 2.05) is 4.90 Å². The third kappa shape index (κ3) is 1.61. The predicted octanol–water partition coefficient (Wildman–Crippen LogP) is 0.566. The Hall–Kier alpha value is -0.570. The summed E-state index contributed by atoms with van der Waals surface area (Å²) in [5.41, 5.74) is 0. The molecule has 1 amide bonds. The van der Waals surface area contributed by atoms with Crippen molar-refractivity contribution in [2.75, 3.05) is 19.8 Å². The summed E-state index contributed by atoms with van der Waals surface area (Å²) in [7, 11) is 0. The molecule has 0 atom stereocenters. The van der Waals surface area contributed by atoms with Crippen LogP contribution in [0.2, 0.25) is 0 Å². The van der Waals surface area contributed by atoms with E-state index in [0.717, 1.165) is 26.2 Å². The Morgan fingerprint density at radius 2 is 2.33 bits per heavy atom. The van der Waals surface area contributed by atoms with Crippen LogP contribution in [0.15, 0.2) is 0 Å². The number of hydrogen-bond donors (Lipinski definition) is 1. The van der Waals surface area contributed by atoms with E-state index in [1.165, 1.54) is 19.3 Å². The van der Waals surface area contributed by atoms with Crippen molar-refractivity contribution < 1.29 is 4.79 Å². The summed E-state index contributed by atoms with van der Waals surface area (Å²) >= 11 is 0. The molecule has 2 fully saturated rings. The number of amides is 1. The number of rotatable bonds is 2. The minimum absolute atomic E-state index is 0.352. The summed E-state index contributed by atoms with van der Waals surface area (Å²) < 4.78 is 0.